The predicted octanol–water partition coefficient (Wildman–Crippen LogP) is 3.52. The second-order valence-electron chi connectivity index (χ2n) is 7.24. The number of aryl methyl sites for hydroxylation is 2. The summed E-state index contributed by atoms with van der Waals surface area (Å²) >= 11 is 1.38. The van der Waals surface area contributed by atoms with Crippen LogP contribution in [0.1, 0.15) is 46.1 Å². The molecule has 3 rings (SSSR count). The molecule has 2 aromatic rings. The van der Waals surface area contributed by atoms with E-state index < -0.39 is 21.9 Å². The van der Waals surface area contributed by atoms with Gasteiger partial charge >= 0.3 is 5.97 Å². The highest BCUT2D eigenvalue weighted by atomic mass is 32.2. The molecule has 1 aromatic heterocycles. The summed E-state index contributed by atoms with van der Waals surface area (Å²) in [4.78, 5) is 26.5. The lowest BCUT2D eigenvalue weighted by atomic mass is 9.95. The maximum atomic E-state index is 12.8. The van der Waals surface area contributed by atoms with Crippen LogP contribution < -0.4 is 9.62 Å². The van der Waals surface area contributed by atoms with Gasteiger partial charge in [-0.25, -0.2) is 13.2 Å². The maximum Gasteiger partial charge on any atom is 0.341 e. The van der Waals surface area contributed by atoms with Crippen molar-refractivity contribution in [3.05, 3.63) is 45.8 Å². The lowest BCUT2D eigenvalue weighted by Crippen LogP contribution is -2.38. The lowest BCUT2D eigenvalue weighted by molar-refractivity contribution is -0.114. The van der Waals surface area contributed by atoms with Gasteiger partial charge in [-0.1, -0.05) is 18.2 Å². The number of sulfonamides is 1. The van der Waals surface area contributed by atoms with Crippen molar-refractivity contribution in [3.63, 3.8) is 0 Å². The van der Waals surface area contributed by atoms with Crippen molar-refractivity contribution in [2.24, 2.45) is 0 Å². The number of thiophene rings is 1. The number of hydrogen-bond donors (Lipinski definition) is 1. The van der Waals surface area contributed by atoms with E-state index in [1.807, 2.05) is 0 Å². The van der Waals surface area contributed by atoms with Gasteiger partial charge in [0, 0.05) is 4.88 Å². The molecule has 0 unspecified atom stereocenters. The molecule has 1 amide bonds. The number of ether oxygens (including phenoxy) is 1. The highest BCUT2D eigenvalue weighted by molar-refractivity contribution is 7.92. The number of nitrogens with one attached hydrogen (secondary N) is 1. The number of nitrogens with zero attached hydrogens (tertiary/aromatic N) is 1. The van der Waals surface area contributed by atoms with E-state index in [1.54, 1.807) is 38.1 Å². The number of amides is 1. The van der Waals surface area contributed by atoms with Crippen LogP contribution in [-0.2, 0) is 32.4 Å². The number of esters is 1. The molecule has 0 bridgehead atoms. The summed E-state index contributed by atoms with van der Waals surface area (Å²) in [7, 11) is -3.68. The topological polar surface area (TPSA) is 92.8 Å². The molecule has 1 aromatic carbocycles. The van der Waals surface area contributed by atoms with E-state index in [9.17, 15) is 18.0 Å². The molecule has 0 radical (unpaired) electrons. The predicted molar refractivity (Wildman–Crippen MR) is 119 cm³/mol. The highest BCUT2D eigenvalue weighted by Gasteiger charge is 2.28. The van der Waals surface area contributed by atoms with Crippen molar-refractivity contribution in [3.8, 4) is 0 Å². The van der Waals surface area contributed by atoms with Crippen LogP contribution in [0.4, 0.5) is 10.7 Å². The molecule has 7 nitrogen and oxygen atoms in total. The van der Waals surface area contributed by atoms with Crippen LogP contribution in [0.2, 0.25) is 0 Å². The summed E-state index contributed by atoms with van der Waals surface area (Å²) < 4.78 is 31.0. The van der Waals surface area contributed by atoms with Gasteiger partial charge in [0.25, 0.3) is 0 Å². The average molecular weight is 451 g/mol. The zero-order chi connectivity index (χ0) is 21.9. The third kappa shape index (κ3) is 4.84. The highest BCUT2D eigenvalue weighted by Crippen LogP contribution is 2.38. The van der Waals surface area contributed by atoms with Crippen LogP contribution in [-0.4, -0.2) is 39.7 Å². The number of para-hydroxylation sites is 1. The Morgan fingerprint density at radius 3 is 2.57 bits per heavy atom. The number of carbonyl (C=O) groups is 2. The van der Waals surface area contributed by atoms with E-state index in [2.05, 4.69) is 5.32 Å². The zero-order valence-corrected chi connectivity index (χ0v) is 19.0. The van der Waals surface area contributed by atoms with Crippen LogP contribution in [0, 0.1) is 6.92 Å². The molecule has 0 fully saturated rings. The lowest BCUT2D eigenvalue weighted by Gasteiger charge is -2.23. The Balaban J connectivity index is 1.89. The molecule has 30 heavy (non-hydrogen) atoms. The Labute approximate surface area is 181 Å². The van der Waals surface area contributed by atoms with Crippen LogP contribution in [0.15, 0.2) is 24.3 Å². The monoisotopic (exact) mass is 450 g/mol. The summed E-state index contributed by atoms with van der Waals surface area (Å²) in [6, 6.07) is 6.99. The molecule has 1 heterocycles. The Bertz CT molecular complexity index is 1060. The minimum Gasteiger partial charge on any atom is -0.462 e. The molecule has 0 atom stereocenters. The number of fused-ring (bicyclic) bond motifs is 1. The fourth-order valence-electron chi connectivity index (χ4n) is 3.59. The first-order valence-corrected chi connectivity index (χ1v) is 12.5. The van der Waals surface area contributed by atoms with E-state index in [-0.39, 0.29) is 13.2 Å². The van der Waals surface area contributed by atoms with Gasteiger partial charge in [0.1, 0.15) is 11.5 Å². The van der Waals surface area contributed by atoms with E-state index in [4.69, 9.17) is 4.74 Å². The third-order valence-corrected chi connectivity index (χ3v) is 7.31. The molecule has 9 heteroatoms. The minimum absolute atomic E-state index is 0.242. The van der Waals surface area contributed by atoms with E-state index in [0.29, 0.717) is 16.3 Å². The van der Waals surface area contributed by atoms with Crippen LogP contribution in [0.3, 0.4) is 0 Å². The van der Waals surface area contributed by atoms with Crippen molar-refractivity contribution in [1.29, 1.82) is 0 Å². The SMILES string of the molecule is CCOC(=O)c1c(NC(=O)CN(c2ccccc2C)S(C)(=O)=O)sc2c1CCCC2. The van der Waals surface area contributed by atoms with Gasteiger partial charge in [0.05, 0.1) is 24.1 Å². The first-order chi connectivity index (χ1) is 14.2. The molecule has 0 saturated carbocycles. The molecule has 162 valence electrons. The second-order valence-corrected chi connectivity index (χ2v) is 10.3. The Hall–Kier alpha value is -2.39. The fourth-order valence-corrected chi connectivity index (χ4v) is 5.80. The number of benzene rings is 1. The first-order valence-electron chi connectivity index (χ1n) is 9.87. The smallest absolute Gasteiger partial charge is 0.341 e. The standard InChI is InChI=1S/C21H26N2O5S2/c1-4-28-21(25)19-15-10-6-8-12-17(15)29-20(19)22-18(24)13-23(30(3,26)27)16-11-7-5-9-14(16)2/h5,7,9,11H,4,6,8,10,12-13H2,1-3H3,(H,22,24). The van der Waals surface area contributed by atoms with Gasteiger partial charge < -0.3 is 10.1 Å². The number of hydrogen-bond acceptors (Lipinski definition) is 6. The molecule has 1 aliphatic carbocycles. The number of rotatable bonds is 7. The number of anilines is 2. The Kier molecular flexibility index (Phi) is 6.82. The third-order valence-electron chi connectivity index (χ3n) is 4.98. The molecule has 0 saturated heterocycles. The summed E-state index contributed by atoms with van der Waals surface area (Å²) in [5.74, 6) is -0.959. The largest absolute Gasteiger partial charge is 0.462 e. The molecule has 0 spiro atoms. The normalized spacial score (nSPS) is 13.4. The first kappa shape index (κ1) is 22.3. The summed E-state index contributed by atoms with van der Waals surface area (Å²) in [5.41, 5.74) is 2.55. The average Bonchev–Trinajstić information content (AvgIpc) is 3.04. The Morgan fingerprint density at radius 1 is 1.20 bits per heavy atom. The van der Waals surface area contributed by atoms with Crippen LogP contribution in [0.5, 0.6) is 0 Å². The quantitative estimate of drug-likeness (QED) is 0.652. The molecular weight excluding hydrogens is 424 g/mol. The second kappa shape index (κ2) is 9.18. The van der Waals surface area contributed by atoms with Crippen molar-refractivity contribution >= 4 is 43.9 Å². The van der Waals surface area contributed by atoms with Crippen molar-refractivity contribution in [2.75, 3.05) is 29.0 Å². The molecule has 1 aliphatic rings. The van der Waals surface area contributed by atoms with Gasteiger partial charge in [0.15, 0.2) is 0 Å². The Morgan fingerprint density at radius 2 is 1.90 bits per heavy atom. The zero-order valence-electron chi connectivity index (χ0n) is 17.4. The molecular formula is C21H26N2O5S2. The summed E-state index contributed by atoms with van der Waals surface area (Å²) in [5, 5.41) is 3.21. The van der Waals surface area contributed by atoms with Crippen molar-refractivity contribution < 1.29 is 22.7 Å². The maximum absolute atomic E-state index is 12.8. The fraction of sp³-hybridized carbons (Fsp3) is 0.429. The van der Waals surface area contributed by atoms with Crippen LogP contribution in [0.25, 0.3) is 0 Å². The van der Waals surface area contributed by atoms with E-state index in [1.165, 1.54) is 11.3 Å². The van der Waals surface area contributed by atoms with Gasteiger partial charge in [-0.2, -0.15) is 0 Å². The van der Waals surface area contributed by atoms with E-state index >= 15 is 0 Å². The van der Waals surface area contributed by atoms with Crippen LogP contribution >= 0.6 is 11.3 Å². The molecule has 0 aliphatic heterocycles. The van der Waals surface area contributed by atoms with Crippen molar-refractivity contribution in [2.45, 2.75) is 39.5 Å². The molecule has 1 N–H and O–H groups in total. The summed E-state index contributed by atoms with van der Waals surface area (Å²) in [6.45, 7) is 3.39. The van der Waals surface area contributed by atoms with Gasteiger partial charge in [-0.05, 0) is 56.7 Å². The minimum atomic E-state index is -3.68. The summed E-state index contributed by atoms with van der Waals surface area (Å²) in [6.07, 6.45) is 4.73. The van der Waals surface area contributed by atoms with Crippen molar-refractivity contribution in [1.82, 2.24) is 0 Å². The number of carbonyl (C=O) groups excluding carboxylic acids is 2. The van der Waals surface area contributed by atoms with Gasteiger partial charge in [0.2, 0.25) is 15.9 Å². The van der Waals surface area contributed by atoms with Gasteiger partial charge in [-0.15, -0.1) is 11.3 Å². The van der Waals surface area contributed by atoms with Gasteiger partial charge in [-0.3, -0.25) is 9.10 Å². The van der Waals surface area contributed by atoms with E-state index in [0.717, 1.165) is 52.2 Å².